The SMILES string of the molecule is Cc1ccc2c(n1)CCC2CCCC(=O)COc1cc(C(F)F)c2c(-c3cc(C)oc3C)nn(C)c2n1. The van der Waals surface area contributed by atoms with Gasteiger partial charge in [0.1, 0.15) is 23.8 Å². The van der Waals surface area contributed by atoms with Crippen molar-refractivity contribution in [2.75, 3.05) is 6.61 Å². The topological polar surface area (TPSA) is 83.0 Å². The van der Waals surface area contributed by atoms with Crippen molar-refractivity contribution in [3.8, 4) is 17.1 Å². The molecule has 1 aliphatic rings. The fraction of sp³-hybridized carbons (Fsp3) is 0.429. The smallest absolute Gasteiger partial charge is 0.264 e. The second kappa shape index (κ2) is 10.0. The van der Waals surface area contributed by atoms with E-state index in [9.17, 15) is 13.6 Å². The van der Waals surface area contributed by atoms with Gasteiger partial charge in [0.2, 0.25) is 5.88 Å². The van der Waals surface area contributed by atoms with Gasteiger partial charge >= 0.3 is 0 Å². The van der Waals surface area contributed by atoms with Crippen LogP contribution in [0, 0.1) is 20.8 Å². The summed E-state index contributed by atoms with van der Waals surface area (Å²) in [5.74, 6) is 1.58. The molecular weight excluding hydrogens is 478 g/mol. The molecule has 0 saturated carbocycles. The Balaban J connectivity index is 1.26. The Kier molecular flexibility index (Phi) is 6.79. The number of hydrogen-bond donors (Lipinski definition) is 0. The zero-order valence-corrected chi connectivity index (χ0v) is 21.5. The van der Waals surface area contributed by atoms with Crippen LogP contribution in [0.3, 0.4) is 0 Å². The molecule has 0 fully saturated rings. The molecule has 0 bridgehead atoms. The van der Waals surface area contributed by atoms with Gasteiger partial charge in [-0.25, -0.2) is 13.5 Å². The molecule has 1 aliphatic carbocycles. The third-order valence-electron chi connectivity index (χ3n) is 7.04. The van der Waals surface area contributed by atoms with E-state index in [-0.39, 0.29) is 34.9 Å². The number of hydrogen-bond acceptors (Lipinski definition) is 6. The van der Waals surface area contributed by atoms with Crippen molar-refractivity contribution in [3.63, 3.8) is 0 Å². The lowest BCUT2D eigenvalue weighted by Crippen LogP contribution is -2.12. The maximum absolute atomic E-state index is 14.1. The number of aromatic nitrogens is 4. The van der Waals surface area contributed by atoms with Gasteiger partial charge < -0.3 is 9.15 Å². The number of furan rings is 1. The molecule has 37 heavy (non-hydrogen) atoms. The van der Waals surface area contributed by atoms with E-state index in [0.29, 0.717) is 35.1 Å². The summed E-state index contributed by atoms with van der Waals surface area (Å²) < 4.78 is 40.8. The number of aryl methyl sites for hydroxylation is 5. The molecule has 0 aromatic carbocycles. The van der Waals surface area contributed by atoms with Gasteiger partial charge in [-0.2, -0.15) is 10.1 Å². The molecule has 0 aliphatic heterocycles. The maximum atomic E-state index is 14.1. The molecule has 194 valence electrons. The lowest BCUT2D eigenvalue weighted by Gasteiger charge is -2.11. The highest BCUT2D eigenvalue weighted by molar-refractivity contribution is 5.95. The molecule has 0 spiro atoms. The van der Waals surface area contributed by atoms with Crippen LogP contribution >= 0.6 is 0 Å². The first-order valence-corrected chi connectivity index (χ1v) is 12.6. The van der Waals surface area contributed by atoms with Crippen LogP contribution in [0.4, 0.5) is 8.78 Å². The molecule has 5 rings (SSSR count). The Labute approximate surface area is 213 Å². The third-order valence-corrected chi connectivity index (χ3v) is 7.04. The number of halogens is 2. The summed E-state index contributed by atoms with van der Waals surface area (Å²) in [4.78, 5) is 21.5. The number of nitrogens with zero attached hydrogens (tertiary/aromatic N) is 4. The molecule has 7 nitrogen and oxygen atoms in total. The first kappa shape index (κ1) is 25.0. The van der Waals surface area contributed by atoms with E-state index >= 15 is 0 Å². The monoisotopic (exact) mass is 508 g/mol. The van der Waals surface area contributed by atoms with Gasteiger partial charge in [-0.1, -0.05) is 6.07 Å². The molecule has 9 heteroatoms. The minimum atomic E-state index is -2.77. The molecule has 4 aromatic heterocycles. The second-order valence-electron chi connectivity index (χ2n) is 9.79. The van der Waals surface area contributed by atoms with Gasteiger partial charge in [0.25, 0.3) is 6.43 Å². The quantitative estimate of drug-likeness (QED) is 0.263. The van der Waals surface area contributed by atoms with Gasteiger partial charge in [-0.05, 0) is 70.1 Å². The number of carbonyl (C=O) groups is 1. The Morgan fingerprint density at radius 3 is 2.76 bits per heavy atom. The maximum Gasteiger partial charge on any atom is 0.264 e. The minimum absolute atomic E-state index is 0.0167. The van der Waals surface area contributed by atoms with Crippen molar-refractivity contribution < 1.29 is 22.7 Å². The second-order valence-corrected chi connectivity index (χ2v) is 9.79. The highest BCUT2D eigenvalue weighted by Gasteiger charge is 2.26. The zero-order chi connectivity index (χ0) is 26.3. The van der Waals surface area contributed by atoms with Crippen molar-refractivity contribution >= 4 is 16.8 Å². The molecule has 1 atom stereocenters. The largest absolute Gasteiger partial charge is 0.470 e. The van der Waals surface area contributed by atoms with Crippen LogP contribution in [0.2, 0.25) is 0 Å². The van der Waals surface area contributed by atoms with Gasteiger partial charge in [0.15, 0.2) is 11.4 Å². The van der Waals surface area contributed by atoms with Crippen molar-refractivity contribution in [1.29, 1.82) is 0 Å². The van der Waals surface area contributed by atoms with E-state index in [1.807, 2.05) is 13.0 Å². The number of fused-ring (bicyclic) bond motifs is 2. The van der Waals surface area contributed by atoms with Crippen molar-refractivity contribution in [2.24, 2.45) is 7.05 Å². The third kappa shape index (κ3) is 4.99. The summed E-state index contributed by atoms with van der Waals surface area (Å²) in [6, 6.07) is 7.17. The molecule has 4 heterocycles. The number of ketones is 1. The van der Waals surface area contributed by atoms with Crippen LogP contribution < -0.4 is 4.74 Å². The van der Waals surface area contributed by atoms with E-state index in [1.54, 1.807) is 27.0 Å². The van der Waals surface area contributed by atoms with Crippen LogP contribution in [-0.2, 0) is 18.3 Å². The van der Waals surface area contributed by atoms with E-state index < -0.39 is 6.43 Å². The van der Waals surface area contributed by atoms with E-state index in [2.05, 4.69) is 21.1 Å². The highest BCUT2D eigenvalue weighted by Crippen LogP contribution is 2.38. The number of ether oxygens (including phenoxy) is 1. The van der Waals surface area contributed by atoms with Crippen LogP contribution in [0.25, 0.3) is 22.3 Å². The van der Waals surface area contributed by atoms with Crippen LogP contribution in [0.1, 0.15) is 72.1 Å². The number of alkyl halides is 2. The first-order chi connectivity index (χ1) is 17.7. The molecule has 0 N–H and O–H groups in total. The lowest BCUT2D eigenvalue weighted by atomic mass is 9.95. The van der Waals surface area contributed by atoms with Crippen LogP contribution in [0.5, 0.6) is 5.88 Å². The normalized spacial score (nSPS) is 15.1. The van der Waals surface area contributed by atoms with E-state index in [1.165, 1.54) is 22.0 Å². The fourth-order valence-corrected chi connectivity index (χ4v) is 5.28. The summed E-state index contributed by atoms with van der Waals surface area (Å²) in [7, 11) is 1.64. The lowest BCUT2D eigenvalue weighted by molar-refractivity contribution is -0.121. The summed E-state index contributed by atoms with van der Waals surface area (Å²) in [5.41, 5.74) is 4.55. The van der Waals surface area contributed by atoms with E-state index in [4.69, 9.17) is 9.15 Å². The van der Waals surface area contributed by atoms with Crippen molar-refractivity contribution in [1.82, 2.24) is 19.7 Å². The van der Waals surface area contributed by atoms with Crippen molar-refractivity contribution in [2.45, 2.75) is 65.2 Å². The highest BCUT2D eigenvalue weighted by atomic mass is 19.3. The minimum Gasteiger partial charge on any atom is -0.470 e. The van der Waals surface area contributed by atoms with Crippen LogP contribution in [0.15, 0.2) is 28.7 Å². The molecular formula is C28H30F2N4O3. The summed E-state index contributed by atoms with van der Waals surface area (Å²) in [5, 5.41) is 4.70. The Morgan fingerprint density at radius 1 is 1.22 bits per heavy atom. The predicted octanol–water partition coefficient (Wildman–Crippen LogP) is 6.33. The van der Waals surface area contributed by atoms with Gasteiger partial charge in [-0.15, -0.1) is 0 Å². The predicted molar refractivity (Wildman–Crippen MR) is 135 cm³/mol. The Hall–Kier alpha value is -3.62. The summed E-state index contributed by atoms with van der Waals surface area (Å²) in [6.45, 7) is 5.35. The average molecular weight is 509 g/mol. The molecule has 0 saturated heterocycles. The van der Waals surface area contributed by atoms with Gasteiger partial charge in [-0.3, -0.25) is 9.78 Å². The Morgan fingerprint density at radius 2 is 2.03 bits per heavy atom. The first-order valence-electron chi connectivity index (χ1n) is 12.6. The van der Waals surface area contributed by atoms with Gasteiger partial charge in [0.05, 0.1) is 5.39 Å². The van der Waals surface area contributed by atoms with Crippen molar-refractivity contribution in [3.05, 3.63) is 58.3 Å². The van der Waals surface area contributed by atoms with Gasteiger partial charge in [0, 0.05) is 42.0 Å². The molecule has 1 unspecified atom stereocenters. The van der Waals surface area contributed by atoms with E-state index in [0.717, 1.165) is 31.4 Å². The number of carbonyl (C=O) groups excluding carboxylic acids is 1. The molecule has 4 aromatic rings. The summed E-state index contributed by atoms with van der Waals surface area (Å²) >= 11 is 0. The summed E-state index contributed by atoms with van der Waals surface area (Å²) in [6.07, 6.45) is 1.28. The number of Topliss-reactive ketones (excluding diaryl/α,β-unsaturated/α-hetero) is 1. The van der Waals surface area contributed by atoms with Crippen LogP contribution in [-0.4, -0.2) is 32.1 Å². The number of rotatable bonds is 9. The fourth-order valence-electron chi connectivity index (χ4n) is 5.28. The molecule has 0 amide bonds. The zero-order valence-electron chi connectivity index (χ0n) is 21.5. The average Bonchev–Trinajstić information content (AvgIpc) is 3.51. The standard InChI is InChI=1S/C28H30F2N4O3/c1-15-8-10-20-18(9-11-23(20)31-15)6-5-7-19(35)14-36-24-13-22(27(29)30)25-26(33-34(4)28(25)32-24)21-12-16(2)37-17(21)3/h8,10,12-13,18,27H,5-7,9,11,14H2,1-4H3. The number of pyridine rings is 2. The Bertz CT molecular complexity index is 1470. The molecule has 0 radical (unpaired) electrons.